The van der Waals surface area contributed by atoms with Gasteiger partial charge in [-0.3, -0.25) is 14.4 Å². The molecule has 3 aliphatic heterocycles. The van der Waals surface area contributed by atoms with Crippen molar-refractivity contribution in [3.63, 3.8) is 0 Å². The molecule has 3 aliphatic rings. The van der Waals surface area contributed by atoms with E-state index < -0.39 is 101 Å². The minimum Gasteiger partial charge on any atom is -0.458 e. The fraction of sp³-hybridized carbons (Fsp3) is 0.659. The van der Waals surface area contributed by atoms with Gasteiger partial charge in [0, 0.05) is 36.7 Å². The van der Waals surface area contributed by atoms with Crippen molar-refractivity contribution in [2.24, 2.45) is 17.8 Å². The van der Waals surface area contributed by atoms with Crippen molar-refractivity contribution in [1.82, 2.24) is 20.2 Å². The van der Waals surface area contributed by atoms with Crippen LogP contribution in [0.4, 0.5) is 9.18 Å². The number of alkyl carbamates (subject to hydrolysis) is 1. The second kappa shape index (κ2) is 17.6. The number of carbonyl (C=O) groups excluding carboxylic acids is 4. The number of halogens is 1. The van der Waals surface area contributed by atoms with Gasteiger partial charge < -0.3 is 39.0 Å². The molecule has 3 fully saturated rings. The average molecular weight is 815 g/mol. The molecule has 0 aromatic carbocycles. The summed E-state index contributed by atoms with van der Waals surface area (Å²) < 4.78 is 48.2. The Labute approximate surface area is 337 Å². The first-order valence-corrected chi connectivity index (χ1v) is 20.2. The van der Waals surface area contributed by atoms with Crippen LogP contribution in [-0.4, -0.2) is 124 Å². The van der Waals surface area contributed by atoms with Gasteiger partial charge in [-0.25, -0.2) is 19.2 Å². The molecule has 13 atom stereocenters. The Morgan fingerprint density at radius 2 is 1.75 bits per heavy atom. The number of amides is 1. The van der Waals surface area contributed by atoms with E-state index in [4.69, 9.17) is 23.7 Å². The molecular weight excluding hydrogens is 760 g/mol. The first-order valence-electron chi connectivity index (χ1n) is 19.3. The number of cyclic esters (lactones) is 1. The molecule has 0 unspecified atom stereocenters. The molecule has 14 nitrogen and oxygen atoms in total. The summed E-state index contributed by atoms with van der Waals surface area (Å²) in [5, 5.41) is 14.2. The molecular formula is C41H55FN4O10S. The summed E-state index contributed by atoms with van der Waals surface area (Å²) in [6.07, 6.45) is -2.96. The molecule has 5 rings (SSSR count). The quantitative estimate of drug-likeness (QED) is 0.227. The Kier molecular flexibility index (Phi) is 13.6. The van der Waals surface area contributed by atoms with Crippen LogP contribution in [0.25, 0.3) is 10.7 Å². The zero-order valence-corrected chi connectivity index (χ0v) is 35.1. The van der Waals surface area contributed by atoms with Crippen molar-refractivity contribution in [2.45, 2.75) is 134 Å². The number of ketones is 2. The Morgan fingerprint density at radius 3 is 2.40 bits per heavy atom. The summed E-state index contributed by atoms with van der Waals surface area (Å²) in [6, 6.07) is 3.88. The van der Waals surface area contributed by atoms with Crippen molar-refractivity contribution < 1.29 is 52.4 Å². The highest BCUT2D eigenvalue weighted by atomic mass is 32.1. The van der Waals surface area contributed by atoms with Gasteiger partial charge in [-0.05, 0) is 79.8 Å². The van der Waals surface area contributed by atoms with E-state index in [1.807, 2.05) is 38.1 Å². The van der Waals surface area contributed by atoms with Crippen LogP contribution in [0.15, 0.2) is 30.6 Å². The number of nitrogens with one attached hydrogen (secondary N) is 1. The van der Waals surface area contributed by atoms with Crippen molar-refractivity contribution in [3.05, 3.63) is 35.5 Å². The van der Waals surface area contributed by atoms with Crippen molar-refractivity contribution in [1.29, 1.82) is 0 Å². The maximum absolute atomic E-state index is 17.5. The lowest BCUT2D eigenvalue weighted by atomic mass is 9.72. The Balaban J connectivity index is 1.58. The molecule has 0 saturated carbocycles. The second-order valence-electron chi connectivity index (χ2n) is 16.2. The van der Waals surface area contributed by atoms with Gasteiger partial charge in [0.05, 0.1) is 33.6 Å². The summed E-state index contributed by atoms with van der Waals surface area (Å²) in [6.45, 7) is 11.8. The number of thiophene rings is 1. The maximum Gasteiger partial charge on any atom is 0.408 e. The van der Waals surface area contributed by atoms with Crippen LogP contribution in [0.1, 0.15) is 79.5 Å². The summed E-state index contributed by atoms with van der Waals surface area (Å²) in [5.41, 5.74) is -6.05. The number of hydrogen-bond acceptors (Lipinski definition) is 14. The van der Waals surface area contributed by atoms with E-state index in [-0.39, 0.29) is 19.1 Å². The number of aliphatic hydroxyl groups excluding tert-OH is 1. The molecule has 1 amide bonds. The molecule has 16 heteroatoms. The predicted molar refractivity (Wildman–Crippen MR) is 208 cm³/mol. The van der Waals surface area contributed by atoms with Crippen molar-refractivity contribution >= 4 is 35.0 Å². The van der Waals surface area contributed by atoms with Gasteiger partial charge in [-0.2, -0.15) is 0 Å². The Hall–Kier alpha value is -3.85. The molecule has 2 aromatic rings. The molecule has 2 N–H and O–H groups in total. The van der Waals surface area contributed by atoms with Crippen LogP contribution in [0.2, 0.25) is 0 Å². The molecule has 0 radical (unpaired) electrons. The number of alkyl halides is 1. The SMILES string of the molecule is CC[C@H]1OC(=O)[C@H](C)C(=O)[C@H](C)[C@@H](O[C@@H]2O[C@H](C)C[C@H](N(C)C)[C@H]2O)[C@](C)(OCC#Cc2ccc(-c3ncccn3)s2)C[C@](C)(F)C(=O)[C@H](C)[C@@H]2NC(=O)O[C@]12C. The number of rotatable bonds is 7. The van der Waals surface area contributed by atoms with Gasteiger partial charge in [-0.1, -0.05) is 32.6 Å². The molecule has 3 saturated heterocycles. The molecule has 57 heavy (non-hydrogen) atoms. The zero-order valence-electron chi connectivity index (χ0n) is 34.2. The third kappa shape index (κ3) is 9.40. The highest BCUT2D eigenvalue weighted by molar-refractivity contribution is 7.15. The highest BCUT2D eigenvalue weighted by Gasteiger charge is 2.59. The van der Waals surface area contributed by atoms with E-state index in [0.29, 0.717) is 17.1 Å². The van der Waals surface area contributed by atoms with Gasteiger partial charge in [0.2, 0.25) is 0 Å². The normalized spacial score (nSPS) is 38.0. The van der Waals surface area contributed by atoms with Crippen LogP contribution in [0.5, 0.6) is 0 Å². The zero-order chi connectivity index (χ0) is 42.0. The number of Topliss-reactive ketones (excluding diaryl/α,β-unsaturated/α-hetero) is 2. The molecule has 0 bridgehead atoms. The number of nitrogens with zero attached hydrogens (tertiary/aromatic N) is 3. The maximum atomic E-state index is 17.5. The minimum absolute atomic E-state index is 0.158. The van der Waals surface area contributed by atoms with Gasteiger partial charge in [0.25, 0.3) is 0 Å². The van der Waals surface area contributed by atoms with Crippen molar-refractivity contribution in [3.8, 4) is 22.5 Å². The fourth-order valence-electron chi connectivity index (χ4n) is 8.43. The Morgan fingerprint density at radius 1 is 1.07 bits per heavy atom. The molecule has 0 aliphatic carbocycles. The third-order valence-corrected chi connectivity index (χ3v) is 12.5. The van der Waals surface area contributed by atoms with Crippen LogP contribution in [0.3, 0.4) is 0 Å². The number of hydrogen-bond donors (Lipinski definition) is 2. The number of ether oxygens (including phenoxy) is 5. The Bertz CT molecular complexity index is 1850. The summed E-state index contributed by atoms with van der Waals surface area (Å²) in [5.74, 6) is 0.420. The lowest BCUT2D eigenvalue weighted by Crippen LogP contribution is -2.62. The molecule has 5 heterocycles. The molecule has 2 aromatic heterocycles. The van der Waals surface area contributed by atoms with E-state index >= 15 is 4.39 Å². The smallest absolute Gasteiger partial charge is 0.408 e. The van der Waals surface area contributed by atoms with E-state index in [2.05, 4.69) is 27.1 Å². The summed E-state index contributed by atoms with van der Waals surface area (Å²) in [4.78, 5) is 67.1. The molecule has 312 valence electrons. The van der Waals surface area contributed by atoms with Gasteiger partial charge in [0.15, 0.2) is 35.0 Å². The van der Waals surface area contributed by atoms with Crippen LogP contribution in [0, 0.1) is 29.6 Å². The van der Waals surface area contributed by atoms with E-state index in [1.54, 1.807) is 25.4 Å². The van der Waals surface area contributed by atoms with Crippen LogP contribution < -0.4 is 5.32 Å². The number of fused-ring (bicyclic) bond motifs is 1. The van der Waals surface area contributed by atoms with Crippen molar-refractivity contribution in [2.75, 3.05) is 20.7 Å². The van der Waals surface area contributed by atoms with E-state index in [9.17, 15) is 24.3 Å². The number of likely N-dealkylation sites (N-methyl/N-ethyl adjacent to an activating group) is 1. The minimum atomic E-state index is -2.65. The average Bonchev–Trinajstić information content (AvgIpc) is 3.77. The number of carbonyl (C=O) groups is 4. The first kappa shape index (κ1) is 44.3. The van der Waals surface area contributed by atoms with Crippen LogP contribution >= 0.6 is 11.3 Å². The lowest BCUT2D eigenvalue weighted by molar-refractivity contribution is -0.297. The van der Waals surface area contributed by atoms with E-state index in [0.717, 1.165) is 11.8 Å². The van der Waals surface area contributed by atoms with Gasteiger partial charge >= 0.3 is 12.1 Å². The second-order valence-corrected chi connectivity index (χ2v) is 17.3. The standard InChI is InChI=1S/C41H55FN4O10S/c1-11-29-41(8)32(45-38(51)56-41)25(5)33(49)39(6,42)21-40(7,52-19-12-14-26-15-16-28(57-26)35-43-17-13-18-44-35)34(23(3)30(47)24(4)36(50)54-29)55-37-31(48)27(46(9)10)20-22(2)53-37/h13,15-18,22-25,27,29,31-32,34,37,48H,11,19-21H2,1-10H3,(H,45,51)/t22-,23+,24-,25-,27+,29-,31-,32+,34-,37+,39+,40-,41-/m1/s1. The highest BCUT2D eigenvalue weighted by Crippen LogP contribution is 2.42. The number of aliphatic hydroxyl groups is 1. The first-order chi connectivity index (χ1) is 26.7. The van der Waals surface area contributed by atoms with Gasteiger partial charge in [0.1, 0.15) is 24.7 Å². The van der Waals surface area contributed by atoms with E-state index in [1.165, 1.54) is 46.0 Å². The predicted octanol–water partition coefficient (Wildman–Crippen LogP) is 4.51. The monoisotopic (exact) mass is 814 g/mol. The summed E-state index contributed by atoms with van der Waals surface area (Å²) >= 11 is 1.37. The largest absolute Gasteiger partial charge is 0.458 e. The lowest BCUT2D eigenvalue weighted by Gasteiger charge is -2.47. The van der Waals surface area contributed by atoms with Crippen LogP contribution in [-0.2, 0) is 38.1 Å². The summed E-state index contributed by atoms with van der Waals surface area (Å²) in [7, 11) is 3.62. The van der Waals surface area contributed by atoms with Gasteiger partial charge in [-0.15, -0.1) is 11.3 Å². The third-order valence-electron chi connectivity index (χ3n) is 11.5. The molecule has 0 spiro atoms. The number of aromatic nitrogens is 2. The number of esters is 1. The fourth-order valence-corrected chi connectivity index (χ4v) is 9.26. The topological polar surface area (TPSA) is 176 Å².